The molecule has 10 heteroatoms. The molecule has 8 rings (SSSR count). The number of fused-ring (bicyclic) bond motifs is 7. The van der Waals surface area contributed by atoms with Crippen LogP contribution in [0.4, 0.5) is 10.1 Å². The van der Waals surface area contributed by atoms with Gasteiger partial charge in [-0.15, -0.1) is 0 Å². The fourth-order valence-electron chi connectivity index (χ4n) is 8.62. The molecule has 4 heterocycles. The molecular weight excluding hydrogens is 590 g/mol. The molecule has 2 fully saturated rings. The highest BCUT2D eigenvalue weighted by molar-refractivity contribution is 6.31. The predicted molar refractivity (Wildman–Crippen MR) is 162 cm³/mol. The normalized spacial score (nSPS) is 26.6. The molecule has 1 amide bonds. The number of imidazole rings is 1. The number of hydrogen-bond acceptors (Lipinski definition) is 4. The Bertz CT molecular complexity index is 1840. The minimum atomic E-state index is -1.22. The van der Waals surface area contributed by atoms with E-state index in [0.717, 1.165) is 49.0 Å². The van der Waals surface area contributed by atoms with Gasteiger partial charge < -0.3 is 15.0 Å². The Morgan fingerprint density at radius 3 is 2.70 bits per heavy atom. The molecule has 0 unspecified atom stereocenters. The second-order valence-corrected chi connectivity index (χ2v) is 13.2. The van der Waals surface area contributed by atoms with E-state index in [4.69, 9.17) is 28.2 Å². The Hall–Kier alpha value is -3.46. The molecule has 4 aromatic rings. The van der Waals surface area contributed by atoms with Crippen molar-refractivity contribution in [3.63, 3.8) is 0 Å². The van der Waals surface area contributed by atoms with Gasteiger partial charge in [-0.2, -0.15) is 0 Å². The number of aryl methyl sites for hydroxylation is 1. The summed E-state index contributed by atoms with van der Waals surface area (Å²) in [4.78, 5) is 33.8. The van der Waals surface area contributed by atoms with Gasteiger partial charge in [0.2, 0.25) is 5.91 Å². The highest BCUT2D eigenvalue weighted by Gasteiger charge is 2.68. The third-order valence-electron chi connectivity index (χ3n) is 10.3. The maximum atomic E-state index is 16.3. The van der Waals surface area contributed by atoms with Crippen LogP contribution in [0.25, 0.3) is 11.0 Å². The van der Waals surface area contributed by atoms with Crippen molar-refractivity contribution in [1.82, 2.24) is 14.5 Å². The van der Waals surface area contributed by atoms with Crippen LogP contribution < -0.4 is 5.32 Å². The SMILES string of the molecule is O=C(O)c1ccc2c(c1)nc1n2CC[C@H]2[C@@H]1[C@H](c1cccc(Cl)c1F)[C@]1(C(=O)Nc3cc(Cl)ccc31)N2CC1CCCC1. The Labute approximate surface area is 257 Å². The van der Waals surface area contributed by atoms with Gasteiger partial charge in [0.25, 0.3) is 0 Å². The number of nitrogens with zero attached hydrogens (tertiary/aromatic N) is 3. The van der Waals surface area contributed by atoms with Gasteiger partial charge in [-0.05, 0) is 67.1 Å². The van der Waals surface area contributed by atoms with Crippen molar-refractivity contribution in [3.05, 3.63) is 93.0 Å². The topological polar surface area (TPSA) is 87.5 Å². The first kappa shape index (κ1) is 27.1. The largest absolute Gasteiger partial charge is 0.478 e. The molecule has 1 spiro atoms. The van der Waals surface area contributed by atoms with Crippen molar-refractivity contribution in [1.29, 1.82) is 0 Å². The molecule has 3 aromatic carbocycles. The molecule has 3 aliphatic heterocycles. The van der Waals surface area contributed by atoms with E-state index in [1.165, 1.54) is 6.07 Å². The first-order valence-corrected chi connectivity index (χ1v) is 15.6. The second kappa shape index (κ2) is 9.78. The summed E-state index contributed by atoms with van der Waals surface area (Å²) in [5.41, 5.74) is 2.14. The zero-order chi connectivity index (χ0) is 29.6. The molecule has 0 bridgehead atoms. The number of anilines is 1. The summed E-state index contributed by atoms with van der Waals surface area (Å²) in [6.45, 7) is 1.36. The van der Waals surface area contributed by atoms with Crippen LogP contribution in [0.3, 0.4) is 0 Å². The predicted octanol–water partition coefficient (Wildman–Crippen LogP) is 7.17. The molecule has 7 nitrogen and oxygen atoms in total. The van der Waals surface area contributed by atoms with Crippen LogP contribution in [0, 0.1) is 11.7 Å². The smallest absolute Gasteiger partial charge is 0.335 e. The average molecular weight is 620 g/mol. The van der Waals surface area contributed by atoms with Gasteiger partial charge in [0, 0.05) is 47.2 Å². The molecular formula is C33H29Cl2FN4O3. The van der Waals surface area contributed by atoms with Crippen molar-refractivity contribution in [3.8, 4) is 0 Å². The van der Waals surface area contributed by atoms with Crippen molar-refractivity contribution in [2.75, 3.05) is 11.9 Å². The number of hydrogen-bond donors (Lipinski definition) is 2. The number of aromatic nitrogens is 2. The number of carbonyl (C=O) groups excluding carboxylic acids is 1. The molecule has 0 radical (unpaired) electrons. The first-order valence-electron chi connectivity index (χ1n) is 14.8. The van der Waals surface area contributed by atoms with Crippen LogP contribution in [-0.2, 0) is 16.9 Å². The highest BCUT2D eigenvalue weighted by Crippen LogP contribution is 2.64. The van der Waals surface area contributed by atoms with Gasteiger partial charge in [-0.25, -0.2) is 14.2 Å². The quantitative estimate of drug-likeness (QED) is 0.253. The Balaban J connectivity index is 1.42. The van der Waals surface area contributed by atoms with Crippen molar-refractivity contribution < 1.29 is 19.1 Å². The minimum absolute atomic E-state index is 0.00332. The number of carboxylic acids is 1. The zero-order valence-corrected chi connectivity index (χ0v) is 24.7. The lowest BCUT2D eigenvalue weighted by Gasteiger charge is -2.41. The average Bonchev–Trinajstić information content (AvgIpc) is 3.75. The van der Waals surface area contributed by atoms with Crippen LogP contribution in [0.2, 0.25) is 10.0 Å². The zero-order valence-electron chi connectivity index (χ0n) is 23.2. The van der Waals surface area contributed by atoms with Crippen molar-refractivity contribution >= 4 is 51.8 Å². The van der Waals surface area contributed by atoms with E-state index in [-0.39, 0.29) is 28.5 Å². The van der Waals surface area contributed by atoms with E-state index in [0.29, 0.717) is 40.8 Å². The van der Waals surface area contributed by atoms with Gasteiger partial charge in [-0.3, -0.25) is 9.69 Å². The van der Waals surface area contributed by atoms with Crippen LogP contribution in [0.1, 0.15) is 71.2 Å². The summed E-state index contributed by atoms with van der Waals surface area (Å²) >= 11 is 12.8. The summed E-state index contributed by atoms with van der Waals surface area (Å²) in [6, 6.07) is 15.4. The summed E-state index contributed by atoms with van der Waals surface area (Å²) < 4.78 is 18.4. The second-order valence-electron chi connectivity index (χ2n) is 12.3. The number of rotatable bonds is 4. The third-order valence-corrected chi connectivity index (χ3v) is 10.8. The summed E-state index contributed by atoms with van der Waals surface area (Å²) in [6.07, 6.45) is 5.22. The van der Waals surface area contributed by atoms with Crippen molar-refractivity contribution in [2.45, 2.75) is 62.1 Å². The molecule has 1 saturated heterocycles. The monoisotopic (exact) mass is 618 g/mol. The Morgan fingerprint density at radius 2 is 1.91 bits per heavy atom. The summed E-state index contributed by atoms with van der Waals surface area (Å²) in [7, 11) is 0. The van der Waals surface area contributed by atoms with E-state index in [1.807, 2.05) is 6.07 Å². The Morgan fingerprint density at radius 1 is 1.09 bits per heavy atom. The van der Waals surface area contributed by atoms with Crippen molar-refractivity contribution in [2.24, 2.45) is 5.92 Å². The number of halogens is 3. The third kappa shape index (κ3) is 3.79. The van der Waals surface area contributed by atoms with Crippen LogP contribution in [0.15, 0.2) is 54.6 Å². The van der Waals surface area contributed by atoms with Gasteiger partial charge >= 0.3 is 5.97 Å². The number of aromatic carboxylic acids is 1. The van der Waals surface area contributed by atoms with Crippen LogP contribution in [-0.4, -0.2) is 44.0 Å². The van der Waals surface area contributed by atoms with E-state index in [2.05, 4.69) is 14.8 Å². The maximum absolute atomic E-state index is 16.3. The van der Waals surface area contributed by atoms with Gasteiger partial charge in [0.15, 0.2) is 0 Å². The van der Waals surface area contributed by atoms with E-state index < -0.39 is 23.2 Å². The molecule has 4 aliphatic rings. The number of nitrogens with one attached hydrogen (secondary N) is 1. The maximum Gasteiger partial charge on any atom is 0.335 e. The number of carbonyl (C=O) groups is 2. The van der Waals surface area contributed by atoms with E-state index in [1.54, 1.807) is 42.5 Å². The fraction of sp³-hybridized carbons (Fsp3) is 0.364. The molecule has 2 N–H and O–H groups in total. The van der Waals surface area contributed by atoms with Gasteiger partial charge in [-0.1, -0.05) is 54.2 Å². The van der Waals surface area contributed by atoms with Gasteiger partial charge in [0.1, 0.15) is 17.2 Å². The fourth-order valence-corrected chi connectivity index (χ4v) is 8.97. The lowest BCUT2D eigenvalue weighted by Crippen LogP contribution is -2.53. The van der Waals surface area contributed by atoms with E-state index in [9.17, 15) is 14.7 Å². The number of carboxylic acid groups (broad SMARTS) is 1. The molecule has 1 saturated carbocycles. The lowest BCUT2D eigenvalue weighted by molar-refractivity contribution is -0.128. The minimum Gasteiger partial charge on any atom is -0.478 e. The summed E-state index contributed by atoms with van der Waals surface area (Å²) in [5, 5.41) is 13.3. The molecule has 1 aromatic heterocycles. The summed E-state index contributed by atoms with van der Waals surface area (Å²) in [5.74, 6) is -1.62. The number of benzene rings is 3. The molecule has 4 atom stereocenters. The van der Waals surface area contributed by atoms with Crippen LogP contribution >= 0.6 is 23.2 Å². The molecule has 220 valence electrons. The molecule has 1 aliphatic carbocycles. The first-order chi connectivity index (χ1) is 20.8. The van der Waals surface area contributed by atoms with E-state index >= 15 is 4.39 Å². The molecule has 43 heavy (non-hydrogen) atoms. The van der Waals surface area contributed by atoms with Crippen LogP contribution in [0.5, 0.6) is 0 Å². The number of amides is 1. The Kier molecular flexibility index (Phi) is 6.16. The van der Waals surface area contributed by atoms with Gasteiger partial charge in [0.05, 0.1) is 21.6 Å². The number of likely N-dealkylation sites (tertiary alicyclic amines) is 1. The lowest BCUT2D eigenvalue weighted by atomic mass is 9.70. The highest BCUT2D eigenvalue weighted by atomic mass is 35.5. The standard InChI is InChI=1S/C33H29Cl2FN4O3/c34-19-9-10-21-23(15-19)38-32(43)33(21)28(20-6-3-7-22(35)29(20)36)27-26(40(33)16-17-4-1-2-5-17)12-13-39-25-11-8-18(31(41)42)14-24(25)37-30(27)39/h3,6-11,14-15,17,26-28H,1-2,4-5,12-13,16H2,(H,38,43)(H,41,42)/t26-,27+,28-,33+/m0/s1.